The van der Waals surface area contributed by atoms with Crippen LogP contribution in [-0.4, -0.2) is 50.9 Å². The summed E-state index contributed by atoms with van der Waals surface area (Å²) in [5, 5.41) is 6.70. The number of hydrogen-bond acceptors (Lipinski definition) is 3. The van der Waals surface area contributed by atoms with Crippen molar-refractivity contribution < 1.29 is 13.5 Å². The summed E-state index contributed by atoms with van der Waals surface area (Å²) in [5.74, 6) is -0.360. The smallest absolute Gasteiger partial charge is 0.191 e. The van der Waals surface area contributed by atoms with Crippen molar-refractivity contribution in [3.05, 3.63) is 29.8 Å². The number of nitrogens with zero attached hydrogens (tertiary/aromatic N) is 2. The highest BCUT2D eigenvalue weighted by Gasteiger charge is 2.29. The van der Waals surface area contributed by atoms with Crippen LogP contribution in [-0.2, 0) is 4.74 Å². The molecule has 7 heteroatoms. The molecule has 2 aliphatic rings. The summed E-state index contributed by atoms with van der Waals surface area (Å²) in [7, 11) is 0. The van der Waals surface area contributed by atoms with Crippen LogP contribution in [0.15, 0.2) is 23.2 Å². The molecule has 1 aromatic rings. The Labute approximate surface area is 160 Å². The molecule has 0 radical (unpaired) electrons. The molecule has 5 nitrogen and oxygen atoms in total. The number of ether oxygens (including phenoxy) is 1. The third-order valence-corrected chi connectivity index (χ3v) is 5.33. The zero-order chi connectivity index (χ0) is 19.3. The van der Waals surface area contributed by atoms with E-state index in [4.69, 9.17) is 9.73 Å². The van der Waals surface area contributed by atoms with Crippen molar-refractivity contribution >= 4 is 11.6 Å². The number of nitrogens with one attached hydrogen (secondary N) is 2. The number of halogens is 2. The Morgan fingerprint density at radius 1 is 1.33 bits per heavy atom. The molecule has 2 saturated heterocycles. The van der Waals surface area contributed by atoms with Crippen molar-refractivity contribution in [3.8, 4) is 0 Å². The topological polar surface area (TPSA) is 48.9 Å². The summed E-state index contributed by atoms with van der Waals surface area (Å²) in [5.41, 5.74) is 0.586. The monoisotopic (exact) mass is 380 g/mol. The van der Waals surface area contributed by atoms with Gasteiger partial charge in [0.05, 0.1) is 12.1 Å². The Bertz CT molecular complexity index is 661. The Morgan fingerprint density at radius 2 is 2.19 bits per heavy atom. The molecular formula is C20H30F2N4O. The summed E-state index contributed by atoms with van der Waals surface area (Å²) < 4.78 is 32.4. The van der Waals surface area contributed by atoms with Crippen LogP contribution >= 0.6 is 0 Å². The first-order valence-corrected chi connectivity index (χ1v) is 9.85. The van der Waals surface area contributed by atoms with Crippen molar-refractivity contribution in [2.75, 3.05) is 44.2 Å². The number of aliphatic imine (C=N–C) groups is 1. The fourth-order valence-electron chi connectivity index (χ4n) is 3.71. The summed E-state index contributed by atoms with van der Waals surface area (Å²) in [4.78, 5) is 6.79. The molecule has 27 heavy (non-hydrogen) atoms. The zero-order valence-electron chi connectivity index (χ0n) is 16.2. The average molecular weight is 380 g/mol. The molecular weight excluding hydrogens is 350 g/mol. The van der Waals surface area contributed by atoms with Gasteiger partial charge in [0.25, 0.3) is 0 Å². The third kappa shape index (κ3) is 5.31. The Balaban J connectivity index is 1.51. The van der Waals surface area contributed by atoms with Crippen LogP contribution in [0.4, 0.5) is 14.5 Å². The van der Waals surface area contributed by atoms with E-state index in [1.807, 2.05) is 6.92 Å². The van der Waals surface area contributed by atoms with Crippen molar-refractivity contribution in [1.82, 2.24) is 10.6 Å². The predicted molar refractivity (Wildman–Crippen MR) is 104 cm³/mol. The van der Waals surface area contributed by atoms with E-state index < -0.39 is 11.6 Å². The molecule has 0 bridgehead atoms. The van der Waals surface area contributed by atoms with Crippen LogP contribution in [0.3, 0.4) is 0 Å². The lowest BCUT2D eigenvalue weighted by atomic mass is 10.0. The van der Waals surface area contributed by atoms with Gasteiger partial charge in [0, 0.05) is 44.5 Å². The van der Waals surface area contributed by atoms with Crippen LogP contribution in [0.25, 0.3) is 0 Å². The molecule has 2 aliphatic heterocycles. The van der Waals surface area contributed by atoms with Crippen molar-refractivity contribution in [2.45, 2.75) is 38.7 Å². The number of benzene rings is 1. The first-order valence-electron chi connectivity index (χ1n) is 9.85. The van der Waals surface area contributed by atoms with Gasteiger partial charge in [-0.25, -0.2) is 8.78 Å². The lowest BCUT2D eigenvalue weighted by Gasteiger charge is -2.22. The fourth-order valence-corrected chi connectivity index (χ4v) is 3.71. The molecule has 150 valence electrons. The van der Waals surface area contributed by atoms with Gasteiger partial charge in [-0.15, -0.1) is 0 Å². The first kappa shape index (κ1) is 19.9. The largest absolute Gasteiger partial charge is 0.373 e. The second-order valence-corrected chi connectivity index (χ2v) is 7.68. The molecule has 2 N–H and O–H groups in total. The summed E-state index contributed by atoms with van der Waals surface area (Å²) in [6.07, 6.45) is 3.14. The Morgan fingerprint density at radius 3 is 2.89 bits per heavy atom. The maximum atomic E-state index is 13.5. The second-order valence-electron chi connectivity index (χ2n) is 7.68. The molecule has 0 aromatic heterocycles. The van der Waals surface area contributed by atoms with E-state index in [2.05, 4.69) is 22.5 Å². The van der Waals surface area contributed by atoms with Crippen molar-refractivity contribution in [3.63, 3.8) is 0 Å². The molecule has 0 aliphatic carbocycles. The van der Waals surface area contributed by atoms with Gasteiger partial charge in [-0.05, 0) is 51.2 Å². The number of guanidine groups is 1. The number of hydrogen-bond donors (Lipinski definition) is 2. The minimum absolute atomic E-state index is 0.154. The molecule has 2 atom stereocenters. The minimum atomic E-state index is -0.803. The van der Waals surface area contributed by atoms with Crippen LogP contribution in [0.1, 0.15) is 33.1 Å². The molecule has 0 saturated carbocycles. The Hall–Kier alpha value is -1.89. The first-order chi connectivity index (χ1) is 13.0. The van der Waals surface area contributed by atoms with Crippen molar-refractivity contribution in [2.24, 2.45) is 10.9 Å². The van der Waals surface area contributed by atoms with E-state index in [1.54, 1.807) is 6.07 Å². The number of anilines is 1. The highest BCUT2D eigenvalue weighted by Crippen LogP contribution is 2.26. The average Bonchev–Trinajstić information content (AvgIpc) is 3.29. The quantitative estimate of drug-likeness (QED) is 0.589. The second kappa shape index (κ2) is 8.87. The van der Waals surface area contributed by atoms with E-state index in [1.165, 1.54) is 12.1 Å². The summed E-state index contributed by atoms with van der Waals surface area (Å²) in [6.45, 7) is 8.88. The van der Waals surface area contributed by atoms with Crippen molar-refractivity contribution in [1.29, 1.82) is 0 Å². The molecule has 0 amide bonds. The van der Waals surface area contributed by atoms with Crippen LogP contribution in [0.5, 0.6) is 0 Å². The maximum Gasteiger partial charge on any atom is 0.191 e. The highest BCUT2D eigenvalue weighted by molar-refractivity contribution is 5.79. The standard InChI is InChI=1S/C20H30F2N4O/c1-3-23-19(25-14-20(2)8-4-10-27-20)24-12-15-7-9-26(13-15)16-5-6-17(21)18(22)11-16/h5-6,11,15H,3-4,7-10,12-14H2,1-2H3,(H2,23,24,25). The lowest BCUT2D eigenvalue weighted by Crippen LogP contribution is -2.41. The zero-order valence-corrected chi connectivity index (χ0v) is 16.2. The van der Waals surface area contributed by atoms with Gasteiger partial charge in [-0.2, -0.15) is 0 Å². The molecule has 1 aromatic carbocycles. The van der Waals surface area contributed by atoms with E-state index in [9.17, 15) is 8.78 Å². The summed E-state index contributed by atoms with van der Waals surface area (Å²) >= 11 is 0. The SMILES string of the molecule is CCNC(=NCC1(C)CCCO1)NCC1CCN(c2ccc(F)c(F)c2)C1. The van der Waals surface area contributed by atoms with Gasteiger partial charge in [0.1, 0.15) is 0 Å². The van der Waals surface area contributed by atoms with Crippen LogP contribution in [0.2, 0.25) is 0 Å². The van der Waals surface area contributed by atoms with Crippen LogP contribution in [0, 0.1) is 17.6 Å². The highest BCUT2D eigenvalue weighted by atomic mass is 19.2. The maximum absolute atomic E-state index is 13.5. The van der Waals surface area contributed by atoms with E-state index in [-0.39, 0.29) is 5.60 Å². The van der Waals surface area contributed by atoms with Gasteiger partial charge in [0.2, 0.25) is 0 Å². The van der Waals surface area contributed by atoms with E-state index in [0.717, 1.165) is 63.7 Å². The van der Waals surface area contributed by atoms with E-state index >= 15 is 0 Å². The van der Waals surface area contributed by atoms with Gasteiger partial charge < -0.3 is 20.3 Å². The van der Waals surface area contributed by atoms with Gasteiger partial charge >= 0.3 is 0 Å². The molecule has 2 heterocycles. The predicted octanol–water partition coefficient (Wildman–Crippen LogP) is 2.92. The van der Waals surface area contributed by atoms with E-state index in [0.29, 0.717) is 12.5 Å². The molecule has 2 unspecified atom stereocenters. The van der Waals surface area contributed by atoms with Crippen LogP contribution < -0.4 is 15.5 Å². The lowest BCUT2D eigenvalue weighted by molar-refractivity contribution is 0.0283. The third-order valence-electron chi connectivity index (χ3n) is 5.33. The normalized spacial score (nSPS) is 25.9. The summed E-state index contributed by atoms with van der Waals surface area (Å²) in [6, 6.07) is 4.11. The van der Waals surface area contributed by atoms with Gasteiger partial charge in [-0.3, -0.25) is 4.99 Å². The number of rotatable bonds is 6. The molecule has 3 rings (SSSR count). The molecule has 2 fully saturated rings. The van der Waals surface area contributed by atoms with Gasteiger partial charge in [-0.1, -0.05) is 0 Å². The fraction of sp³-hybridized carbons (Fsp3) is 0.650. The van der Waals surface area contributed by atoms with Gasteiger partial charge in [0.15, 0.2) is 17.6 Å². The minimum Gasteiger partial charge on any atom is -0.373 e. The molecule has 0 spiro atoms. The Kier molecular flexibility index (Phi) is 6.52.